The van der Waals surface area contributed by atoms with Gasteiger partial charge in [-0.1, -0.05) is 0 Å². The van der Waals surface area contributed by atoms with Gasteiger partial charge in [0, 0.05) is 25.3 Å². The fourth-order valence-corrected chi connectivity index (χ4v) is 2.90. The number of carbonyl (C=O) groups is 2. The quantitative estimate of drug-likeness (QED) is 0.821. The van der Waals surface area contributed by atoms with E-state index in [2.05, 4.69) is 10.2 Å². The molecule has 0 bridgehead atoms. The van der Waals surface area contributed by atoms with Crippen LogP contribution in [0.25, 0.3) is 0 Å². The molecule has 0 unspecified atom stereocenters. The van der Waals surface area contributed by atoms with Crippen molar-refractivity contribution in [2.45, 2.75) is 26.3 Å². The van der Waals surface area contributed by atoms with Gasteiger partial charge in [-0.3, -0.25) is 14.2 Å². The molecule has 1 atom stereocenters. The van der Waals surface area contributed by atoms with Gasteiger partial charge >= 0.3 is 6.55 Å². The van der Waals surface area contributed by atoms with Crippen LogP contribution in [0.4, 0.5) is 8.78 Å². The van der Waals surface area contributed by atoms with E-state index in [-0.39, 0.29) is 17.5 Å². The van der Waals surface area contributed by atoms with Crippen molar-refractivity contribution in [2.24, 2.45) is 11.7 Å². The summed E-state index contributed by atoms with van der Waals surface area (Å²) in [6, 6.07) is 2.88. The van der Waals surface area contributed by atoms with Crippen LogP contribution in [0.5, 0.6) is 0 Å². The van der Waals surface area contributed by atoms with Gasteiger partial charge in [0.15, 0.2) is 0 Å². The van der Waals surface area contributed by atoms with E-state index in [1.165, 1.54) is 19.1 Å². The average molecular weight is 328 g/mol. The van der Waals surface area contributed by atoms with Crippen LogP contribution in [0.15, 0.2) is 12.1 Å². The second-order valence-electron chi connectivity index (χ2n) is 5.81. The second kappa shape index (κ2) is 7.54. The molecule has 0 spiro atoms. The lowest BCUT2D eigenvalue weighted by Gasteiger charge is -2.31. The smallest absolute Gasteiger partial charge is 0.319 e. The molecule has 0 radical (unpaired) electrons. The van der Waals surface area contributed by atoms with Crippen LogP contribution in [0.2, 0.25) is 0 Å². The molecule has 1 aliphatic rings. The van der Waals surface area contributed by atoms with Gasteiger partial charge in [-0.15, -0.1) is 0 Å². The molecule has 1 fully saturated rings. The minimum atomic E-state index is -2.75. The Bertz CT molecular complexity index is 574. The third-order valence-electron chi connectivity index (χ3n) is 4.17. The van der Waals surface area contributed by atoms with Crippen LogP contribution in [-0.4, -0.2) is 47.5 Å². The number of rotatable bonds is 6. The molecule has 1 aromatic rings. The Labute approximate surface area is 133 Å². The summed E-state index contributed by atoms with van der Waals surface area (Å²) in [4.78, 5) is 25.3. The van der Waals surface area contributed by atoms with Gasteiger partial charge in [-0.2, -0.15) is 8.78 Å². The predicted octanol–water partition coefficient (Wildman–Crippen LogP) is 1.12. The molecule has 1 saturated heterocycles. The first-order valence-corrected chi connectivity index (χ1v) is 7.66. The number of amides is 2. The highest BCUT2D eigenvalue weighted by Gasteiger charge is 2.24. The summed E-state index contributed by atoms with van der Waals surface area (Å²) in [5.74, 6) is -0.982. The number of nitrogens with zero attached hydrogens (tertiary/aromatic N) is 2. The molecule has 2 rings (SSSR count). The lowest BCUT2D eigenvalue weighted by atomic mass is 9.97. The highest BCUT2D eigenvalue weighted by Crippen LogP contribution is 2.18. The lowest BCUT2D eigenvalue weighted by Crippen LogP contribution is -2.44. The molecule has 2 amide bonds. The van der Waals surface area contributed by atoms with Gasteiger partial charge in [0.25, 0.3) is 5.91 Å². The van der Waals surface area contributed by atoms with E-state index in [0.29, 0.717) is 29.9 Å². The molecule has 0 aromatic carbocycles. The maximum Gasteiger partial charge on any atom is 0.319 e. The van der Waals surface area contributed by atoms with E-state index in [1.807, 2.05) is 0 Å². The standard InChI is InChI=1S/C15H22F2N4O2/c1-10-4-5-12(21(10)15(16)17)14(23)19-6-8-20-7-2-3-11(9-20)13(18)22/h4-5,11,15H,2-3,6-9H2,1H3,(H2,18,22)(H,19,23)/t11-/m0/s1. The zero-order valence-electron chi connectivity index (χ0n) is 13.1. The third-order valence-corrected chi connectivity index (χ3v) is 4.17. The number of carbonyl (C=O) groups excluding carboxylic acids is 2. The van der Waals surface area contributed by atoms with Crippen molar-refractivity contribution in [1.82, 2.24) is 14.8 Å². The summed E-state index contributed by atoms with van der Waals surface area (Å²) in [7, 11) is 0. The van der Waals surface area contributed by atoms with Crippen molar-refractivity contribution in [3.05, 3.63) is 23.5 Å². The zero-order valence-corrected chi connectivity index (χ0v) is 13.1. The average Bonchev–Trinajstić information content (AvgIpc) is 2.89. The molecule has 0 saturated carbocycles. The highest BCUT2D eigenvalue weighted by molar-refractivity contribution is 5.92. The van der Waals surface area contributed by atoms with E-state index in [0.717, 1.165) is 19.4 Å². The summed E-state index contributed by atoms with van der Waals surface area (Å²) < 4.78 is 26.6. The molecule has 3 N–H and O–H groups in total. The first-order valence-electron chi connectivity index (χ1n) is 7.66. The van der Waals surface area contributed by atoms with Gasteiger partial charge in [0.1, 0.15) is 5.69 Å². The first kappa shape index (κ1) is 17.4. The monoisotopic (exact) mass is 328 g/mol. The second-order valence-corrected chi connectivity index (χ2v) is 5.81. The molecule has 2 heterocycles. The number of nitrogens with two attached hydrogens (primary N) is 1. The fraction of sp³-hybridized carbons (Fsp3) is 0.600. The summed E-state index contributed by atoms with van der Waals surface area (Å²) in [6.07, 6.45) is 1.67. The summed E-state index contributed by atoms with van der Waals surface area (Å²) >= 11 is 0. The number of primary amides is 1. The molecule has 6 nitrogen and oxygen atoms in total. The molecule has 0 aliphatic carbocycles. The van der Waals surface area contributed by atoms with E-state index >= 15 is 0 Å². The molecule has 128 valence electrons. The predicted molar refractivity (Wildman–Crippen MR) is 81.1 cm³/mol. The number of piperidine rings is 1. The van der Waals surface area contributed by atoms with Crippen molar-refractivity contribution in [1.29, 1.82) is 0 Å². The number of hydrogen-bond donors (Lipinski definition) is 2. The van der Waals surface area contributed by atoms with Gasteiger partial charge < -0.3 is 16.0 Å². The Balaban J connectivity index is 1.84. The number of aromatic nitrogens is 1. The van der Waals surface area contributed by atoms with E-state index in [4.69, 9.17) is 5.73 Å². The topological polar surface area (TPSA) is 80.4 Å². The Hall–Kier alpha value is -1.96. The Morgan fingerprint density at radius 3 is 2.83 bits per heavy atom. The number of hydrogen-bond acceptors (Lipinski definition) is 3. The molecular weight excluding hydrogens is 306 g/mol. The highest BCUT2D eigenvalue weighted by atomic mass is 19.3. The van der Waals surface area contributed by atoms with Crippen LogP contribution in [0, 0.1) is 12.8 Å². The summed E-state index contributed by atoms with van der Waals surface area (Å²) in [5.41, 5.74) is 5.61. The van der Waals surface area contributed by atoms with Crippen LogP contribution < -0.4 is 11.1 Å². The van der Waals surface area contributed by atoms with Gasteiger partial charge in [0.2, 0.25) is 5.91 Å². The van der Waals surface area contributed by atoms with Crippen LogP contribution in [-0.2, 0) is 4.79 Å². The molecule has 1 aliphatic heterocycles. The fourth-order valence-electron chi connectivity index (χ4n) is 2.90. The number of likely N-dealkylation sites (tertiary alicyclic amines) is 1. The summed E-state index contributed by atoms with van der Waals surface area (Å²) in [5, 5.41) is 2.65. The summed E-state index contributed by atoms with van der Waals surface area (Å²) in [6.45, 7) is 1.09. The van der Waals surface area contributed by atoms with Crippen molar-refractivity contribution in [2.75, 3.05) is 26.2 Å². The maximum absolute atomic E-state index is 12.9. The van der Waals surface area contributed by atoms with Crippen molar-refractivity contribution < 1.29 is 18.4 Å². The molecular formula is C15H22F2N4O2. The number of aryl methyl sites for hydroxylation is 1. The molecule has 23 heavy (non-hydrogen) atoms. The largest absolute Gasteiger partial charge is 0.369 e. The van der Waals surface area contributed by atoms with Crippen LogP contribution in [0.1, 0.15) is 35.6 Å². The van der Waals surface area contributed by atoms with E-state index < -0.39 is 12.5 Å². The minimum absolute atomic E-state index is 0.0499. The number of halogens is 2. The lowest BCUT2D eigenvalue weighted by molar-refractivity contribution is -0.123. The number of nitrogens with one attached hydrogen (secondary N) is 1. The third kappa shape index (κ3) is 4.28. The first-order chi connectivity index (χ1) is 10.9. The Kier molecular flexibility index (Phi) is 5.70. The van der Waals surface area contributed by atoms with Gasteiger partial charge in [-0.05, 0) is 38.4 Å². The maximum atomic E-state index is 12.9. The molecule has 8 heteroatoms. The zero-order chi connectivity index (χ0) is 17.0. The van der Waals surface area contributed by atoms with Crippen molar-refractivity contribution in [3.8, 4) is 0 Å². The van der Waals surface area contributed by atoms with E-state index in [9.17, 15) is 18.4 Å². The van der Waals surface area contributed by atoms with Crippen molar-refractivity contribution >= 4 is 11.8 Å². The minimum Gasteiger partial charge on any atom is -0.369 e. The normalized spacial score (nSPS) is 19.0. The Morgan fingerprint density at radius 1 is 1.43 bits per heavy atom. The van der Waals surface area contributed by atoms with E-state index in [1.54, 1.807) is 0 Å². The van der Waals surface area contributed by atoms with Crippen LogP contribution in [0.3, 0.4) is 0 Å². The van der Waals surface area contributed by atoms with Crippen molar-refractivity contribution in [3.63, 3.8) is 0 Å². The Morgan fingerprint density at radius 2 is 2.17 bits per heavy atom. The van der Waals surface area contributed by atoms with Gasteiger partial charge in [-0.25, -0.2) is 0 Å². The van der Waals surface area contributed by atoms with Gasteiger partial charge in [0.05, 0.1) is 5.92 Å². The van der Waals surface area contributed by atoms with Crippen LogP contribution >= 0.6 is 0 Å². The number of alkyl halides is 2. The SMILES string of the molecule is Cc1ccc(C(=O)NCCN2CCC[C@H](C(N)=O)C2)n1C(F)F. The molecule has 1 aromatic heterocycles.